The molecule has 0 aliphatic heterocycles. The van der Waals surface area contributed by atoms with Crippen molar-refractivity contribution in [3.63, 3.8) is 0 Å². The van der Waals surface area contributed by atoms with Crippen molar-refractivity contribution in [1.29, 1.82) is 0 Å². The molecule has 2 bridgehead atoms. The van der Waals surface area contributed by atoms with Crippen LogP contribution in [0.25, 0.3) is 0 Å². The van der Waals surface area contributed by atoms with Gasteiger partial charge in [0.2, 0.25) is 0 Å². The van der Waals surface area contributed by atoms with Gasteiger partial charge in [0.25, 0.3) is 0 Å². The summed E-state index contributed by atoms with van der Waals surface area (Å²) in [5.74, 6) is 2.46. The van der Waals surface area contributed by atoms with Gasteiger partial charge < -0.3 is 14.6 Å². The Morgan fingerprint density at radius 3 is 2.79 bits per heavy atom. The fourth-order valence-corrected chi connectivity index (χ4v) is 6.59. The Morgan fingerprint density at radius 2 is 2.04 bits per heavy atom. The molecule has 3 saturated carbocycles. The van der Waals surface area contributed by atoms with Crippen molar-refractivity contribution in [3.05, 3.63) is 12.7 Å². The minimum absolute atomic E-state index is 0.251. The average Bonchev–Trinajstić information content (AvgIpc) is 3.23. The minimum atomic E-state index is -0.708. The second-order valence-corrected chi connectivity index (χ2v) is 8.39. The van der Waals surface area contributed by atoms with Gasteiger partial charge in [-0.3, -0.25) is 4.79 Å². The highest BCUT2D eigenvalue weighted by atomic mass is 32.2. The summed E-state index contributed by atoms with van der Waals surface area (Å²) < 4.78 is 11.0. The highest BCUT2D eigenvalue weighted by Crippen LogP contribution is 2.61. The molecule has 0 aromatic heterocycles. The van der Waals surface area contributed by atoms with Gasteiger partial charge in [-0.1, -0.05) is 6.58 Å². The molecular weight excluding hydrogens is 328 g/mol. The molecular formula is C18H26O5S. The normalized spacial score (nSPS) is 36.5. The lowest BCUT2D eigenvalue weighted by atomic mass is 9.80. The first-order chi connectivity index (χ1) is 11.6. The summed E-state index contributed by atoms with van der Waals surface area (Å²) in [6, 6.07) is 0. The molecule has 0 saturated heterocycles. The van der Waals surface area contributed by atoms with Gasteiger partial charge >= 0.3 is 11.9 Å². The van der Waals surface area contributed by atoms with Crippen LogP contribution >= 0.6 is 11.8 Å². The number of carbonyl (C=O) groups is 2. The van der Waals surface area contributed by atoms with E-state index < -0.39 is 11.9 Å². The molecule has 3 rings (SSSR count). The van der Waals surface area contributed by atoms with Gasteiger partial charge in [-0.15, -0.1) is 0 Å². The van der Waals surface area contributed by atoms with Crippen LogP contribution in [0.1, 0.15) is 32.1 Å². The third-order valence-corrected chi connectivity index (χ3v) is 7.29. The zero-order valence-corrected chi connectivity index (χ0v) is 14.7. The molecule has 6 unspecified atom stereocenters. The summed E-state index contributed by atoms with van der Waals surface area (Å²) in [6.07, 6.45) is 6.59. The number of hydrogen-bond donors (Lipinski definition) is 1. The Morgan fingerprint density at radius 1 is 1.21 bits per heavy atom. The van der Waals surface area contributed by atoms with Crippen LogP contribution < -0.4 is 0 Å². The molecule has 6 heteroatoms. The van der Waals surface area contributed by atoms with E-state index >= 15 is 0 Å². The third-order valence-electron chi connectivity index (χ3n) is 5.87. The van der Waals surface area contributed by atoms with E-state index in [0.717, 1.165) is 18.3 Å². The zero-order chi connectivity index (χ0) is 17.1. The Kier molecular flexibility index (Phi) is 5.87. The van der Waals surface area contributed by atoms with E-state index in [1.165, 1.54) is 25.3 Å². The number of hydrogen-bond acceptors (Lipinski definition) is 5. The van der Waals surface area contributed by atoms with Crippen LogP contribution in [0, 0.1) is 23.7 Å². The van der Waals surface area contributed by atoms with Gasteiger partial charge in [0.05, 0.1) is 19.1 Å². The first kappa shape index (κ1) is 17.8. The SMILES string of the molecule is C=CC(=O)OCCOC1CC2CC1C1C(SCCC(=O)O)CCC21. The second kappa shape index (κ2) is 7.91. The van der Waals surface area contributed by atoms with Crippen LogP contribution in [0.5, 0.6) is 0 Å². The average molecular weight is 354 g/mol. The molecule has 0 aromatic rings. The molecule has 3 fully saturated rings. The second-order valence-electron chi connectivity index (χ2n) is 7.05. The predicted molar refractivity (Wildman–Crippen MR) is 91.8 cm³/mol. The molecule has 24 heavy (non-hydrogen) atoms. The van der Waals surface area contributed by atoms with Crippen LogP contribution in [-0.4, -0.2) is 47.4 Å². The van der Waals surface area contributed by atoms with Crippen LogP contribution in [0.15, 0.2) is 12.7 Å². The maximum atomic E-state index is 11.0. The zero-order valence-electron chi connectivity index (χ0n) is 13.9. The first-order valence-electron chi connectivity index (χ1n) is 8.84. The number of rotatable bonds is 9. The molecule has 0 heterocycles. The van der Waals surface area contributed by atoms with Crippen molar-refractivity contribution in [2.45, 2.75) is 43.5 Å². The van der Waals surface area contributed by atoms with E-state index in [1.54, 1.807) is 0 Å². The lowest BCUT2D eigenvalue weighted by Gasteiger charge is -2.34. The Balaban J connectivity index is 1.46. The van der Waals surface area contributed by atoms with E-state index in [9.17, 15) is 9.59 Å². The molecule has 3 aliphatic carbocycles. The lowest BCUT2D eigenvalue weighted by molar-refractivity contribution is -0.140. The summed E-state index contributed by atoms with van der Waals surface area (Å²) in [5.41, 5.74) is 0. The number of carboxylic acids is 1. The highest BCUT2D eigenvalue weighted by Gasteiger charge is 2.57. The van der Waals surface area contributed by atoms with Crippen molar-refractivity contribution < 1.29 is 24.2 Å². The summed E-state index contributed by atoms with van der Waals surface area (Å²) in [7, 11) is 0. The van der Waals surface area contributed by atoms with E-state index in [0.29, 0.717) is 29.4 Å². The largest absolute Gasteiger partial charge is 0.481 e. The molecule has 134 valence electrons. The Hall–Kier alpha value is -1.01. The maximum Gasteiger partial charge on any atom is 0.330 e. The number of carbonyl (C=O) groups excluding carboxylic acids is 1. The van der Waals surface area contributed by atoms with Gasteiger partial charge in [-0.2, -0.15) is 11.8 Å². The lowest BCUT2D eigenvalue weighted by Crippen LogP contribution is -2.35. The fourth-order valence-electron chi connectivity index (χ4n) is 5.07. The monoisotopic (exact) mass is 354 g/mol. The first-order valence-corrected chi connectivity index (χ1v) is 9.89. The fraction of sp³-hybridized carbons (Fsp3) is 0.778. The number of fused-ring (bicyclic) bond motifs is 5. The minimum Gasteiger partial charge on any atom is -0.481 e. The Labute approximate surface area is 147 Å². The smallest absolute Gasteiger partial charge is 0.330 e. The molecule has 3 aliphatic rings. The molecule has 1 N–H and O–H groups in total. The van der Waals surface area contributed by atoms with E-state index in [-0.39, 0.29) is 19.1 Å². The van der Waals surface area contributed by atoms with Crippen molar-refractivity contribution in [1.82, 2.24) is 0 Å². The summed E-state index contributed by atoms with van der Waals surface area (Å²) in [6.45, 7) is 4.10. The highest BCUT2D eigenvalue weighted by molar-refractivity contribution is 7.99. The number of ether oxygens (including phenoxy) is 2. The van der Waals surface area contributed by atoms with Crippen molar-refractivity contribution in [3.8, 4) is 0 Å². The van der Waals surface area contributed by atoms with Crippen LogP contribution in [0.2, 0.25) is 0 Å². The van der Waals surface area contributed by atoms with Crippen molar-refractivity contribution in [2.24, 2.45) is 23.7 Å². The topological polar surface area (TPSA) is 72.8 Å². The molecule has 0 aromatic carbocycles. The van der Waals surface area contributed by atoms with Crippen LogP contribution in [-0.2, 0) is 19.1 Å². The van der Waals surface area contributed by atoms with Gasteiger partial charge in [0.1, 0.15) is 6.61 Å². The predicted octanol–water partition coefficient (Wildman–Crippen LogP) is 2.74. The molecule has 6 atom stereocenters. The van der Waals surface area contributed by atoms with Gasteiger partial charge in [0, 0.05) is 17.1 Å². The van der Waals surface area contributed by atoms with Crippen molar-refractivity contribution >= 4 is 23.7 Å². The van der Waals surface area contributed by atoms with E-state index in [2.05, 4.69) is 6.58 Å². The van der Waals surface area contributed by atoms with E-state index in [4.69, 9.17) is 14.6 Å². The Bertz CT molecular complexity index is 494. The number of carboxylic acid groups (broad SMARTS) is 1. The van der Waals surface area contributed by atoms with Gasteiger partial charge in [0.15, 0.2) is 0 Å². The summed E-state index contributed by atoms with van der Waals surface area (Å²) >= 11 is 1.85. The van der Waals surface area contributed by atoms with Crippen LogP contribution in [0.3, 0.4) is 0 Å². The van der Waals surface area contributed by atoms with Gasteiger partial charge in [-0.25, -0.2) is 4.79 Å². The molecule has 0 spiro atoms. The summed E-state index contributed by atoms with van der Waals surface area (Å²) in [4.78, 5) is 21.8. The van der Waals surface area contributed by atoms with Gasteiger partial charge in [-0.05, 0) is 49.4 Å². The van der Waals surface area contributed by atoms with Crippen LogP contribution in [0.4, 0.5) is 0 Å². The number of thioether (sulfide) groups is 1. The summed E-state index contributed by atoms with van der Waals surface area (Å²) in [5, 5.41) is 9.42. The maximum absolute atomic E-state index is 11.0. The third kappa shape index (κ3) is 3.80. The standard InChI is InChI=1S/C18H26O5S/c1-2-17(21)23-7-6-22-14-10-11-9-13(14)18-12(11)3-4-15(18)24-8-5-16(19)20/h2,11-15,18H,1,3-10H2,(H,19,20). The van der Waals surface area contributed by atoms with Crippen molar-refractivity contribution in [2.75, 3.05) is 19.0 Å². The molecule has 0 amide bonds. The number of aliphatic carboxylic acids is 1. The number of esters is 1. The quantitative estimate of drug-likeness (QED) is 0.390. The van der Waals surface area contributed by atoms with E-state index in [1.807, 2.05) is 11.8 Å². The molecule has 0 radical (unpaired) electrons. The molecule has 5 nitrogen and oxygen atoms in total.